The molecule has 28 heavy (non-hydrogen) atoms. The summed E-state index contributed by atoms with van der Waals surface area (Å²) in [5, 5.41) is 12.7. The van der Waals surface area contributed by atoms with E-state index in [2.05, 4.69) is 20.5 Å². The van der Waals surface area contributed by atoms with Crippen LogP contribution in [0.2, 0.25) is 0 Å². The number of carbonyl (C=O) groups is 2. The van der Waals surface area contributed by atoms with Gasteiger partial charge in [0.05, 0.1) is 22.1 Å². The van der Waals surface area contributed by atoms with E-state index in [0.717, 1.165) is 26.5 Å². The number of fused-ring (bicyclic) bond motifs is 1. The van der Waals surface area contributed by atoms with E-state index >= 15 is 0 Å². The van der Waals surface area contributed by atoms with Crippen molar-refractivity contribution in [2.24, 2.45) is 0 Å². The number of benzene rings is 1. The number of hydrogen-bond donors (Lipinski definition) is 1. The molecule has 0 aliphatic heterocycles. The van der Waals surface area contributed by atoms with Crippen molar-refractivity contribution in [3.8, 4) is 11.3 Å². The van der Waals surface area contributed by atoms with Crippen LogP contribution in [0.15, 0.2) is 29.3 Å². The summed E-state index contributed by atoms with van der Waals surface area (Å²) in [4.78, 5) is 27.9. The van der Waals surface area contributed by atoms with Crippen molar-refractivity contribution in [3.63, 3.8) is 0 Å². The molecule has 1 aromatic carbocycles. The molecular formula is C19H20N4O3S2. The van der Waals surface area contributed by atoms with Gasteiger partial charge < -0.3 is 10.1 Å². The first kappa shape index (κ1) is 20.2. The van der Waals surface area contributed by atoms with E-state index in [9.17, 15) is 9.59 Å². The van der Waals surface area contributed by atoms with Crippen molar-refractivity contribution in [2.75, 3.05) is 18.9 Å². The molecule has 0 radical (unpaired) electrons. The molecule has 0 aliphatic carbocycles. The van der Waals surface area contributed by atoms with Crippen LogP contribution in [0.4, 0.5) is 0 Å². The quantitative estimate of drug-likeness (QED) is 0.467. The van der Waals surface area contributed by atoms with Crippen molar-refractivity contribution in [2.45, 2.75) is 25.8 Å². The standard InChI is InChI=1S/C19H20N4O3S2/c1-4-26-15(25)9-20-14(24)10-27-19-17-18(28-12(3)21-17)16(22-23-19)13-7-5-11(2)6-8-13/h5-8H,4,9-10H2,1-3H3,(H,20,24). The molecule has 146 valence electrons. The highest BCUT2D eigenvalue weighted by atomic mass is 32.2. The first-order valence-electron chi connectivity index (χ1n) is 8.74. The minimum absolute atomic E-state index is 0.115. The zero-order valence-electron chi connectivity index (χ0n) is 15.8. The summed E-state index contributed by atoms with van der Waals surface area (Å²) in [5.74, 6) is -0.618. The summed E-state index contributed by atoms with van der Waals surface area (Å²) < 4.78 is 5.74. The van der Waals surface area contributed by atoms with E-state index in [4.69, 9.17) is 4.74 Å². The maximum atomic E-state index is 12.0. The van der Waals surface area contributed by atoms with Gasteiger partial charge in [0.15, 0.2) is 0 Å². The predicted molar refractivity (Wildman–Crippen MR) is 110 cm³/mol. The van der Waals surface area contributed by atoms with Crippen LogP contribution in [-0.4, -0.2) is 46.0 Å². The lowest BCUT2D eigenvalue weighted by molar-refractivity contribution is -0.143. The van der Waals surface area contributed by atoms with Crippen molar-refractivity contribution < 1.29 is 14.3 Å². The average molecular weight is 417 g/mol. The first-order chi connectivity index (χ1) is 13.5. The summed E-state index contributed by atoms with van der Waals surface area (Å²) in [6.45, 7) is 5.83. The molecule has 9 heteroatoms. The number of nitrogens with zero attached hydrogens (tertiary/aromatic N) is 3. The number of nitrogens with one attached hydrogen (secondary N) is 1. The Morgan fingerprint density at radius 1 is 1.18 bits per heavy atom. The van der Waals surface area contributed by atoms with E-state index in [0.29, 0.717) is 5.03 Å². The van der Waals surface area contributed by atoms with Gasteiger partial charge >= 0.3 is 5.97 Å². The molecule has 3 rings (SSSR count). The molecule has 2 aromatic heterocycles. The van der Waals surface area contributed by atoms with Gasteiger partial charge in [0.1, 0.15) is 22.8 Å². The number of rotatable bonds is 7. The fourth-order valence-corrected chi connectivity index (χ4v) is 4.23. The first-order valence-corrected chi connectivity index (χ1v) is 10.5. The number of aromatic nitrogens is 3. The highest BCUT2D eigenvalue weighted by Crippen LogP contribution is 2.35. The van der Waals surface area contributed by atoms with Gasteiger partial charge in [-0.15, -0.1) is 21.5 Å². The molecule has 0 unspecified atom stereocenters. The Morgan fingerprint density at radius 2 is 1.93 bits per heavy atom. The smallest absolute Gasteiger partial charge is 0.325 e. The number of carbonyl (C=O) groups excluding carboxylic acids is 2. The molecule has 0 atom stereocenters. The molecule has 7 nitrogen and oxygen atoms in total. The number of ether oxygens (including phenoxy) is 1. The monoisotopic (exact) mass is 416 g/mol. The van der Waals surface area contributed by atoms with Gasteiger partial charge in [-0.05, 0) is 20.8 Å². The van der Waals surface area contributed by atoms with Crippen molar-refractivity contribution in [1.29, 1.82) is 0 Å². The van der Waals surface area contributed by atoms with Gasteiger partial charge in [-0.2, -0.15) is 0 Å². The molecule has 0 aliphatic rings. The number of amides is 1. The van der Waals surface area contributed by atoms with Crippen LogP contribution in [0, 0.1) is 13.8 Å². The Bertz CT molecular complexity index is 1000. The minimum atomic E-state index is -0.458. The lowest BCUT2D eigenvalue weighted by Gasteiger charge is -2.06. The molecule has 1 amide bonds. The topological polar surface area (TPSA) is 94.1 Å². The summed E-state index contributed by atoms with van der Waals surface area (Å²) >= 11 is 2.81. The predicted octanol–water partition coefficient (Wildman–Crippen LogP) is 3.14. The number of aryl methyl sites for hydroxylation is 2. The zero-order valence-corrected chi connectivity index (χ0v) is 17.4. The van der Waals surface area contributed by atoms with Gasteiger partial charge in [-0.25, -0.2) is 4.98 Å². The highest BCUT2D eigenvalue weighted by Gasteiger charge is 2.17. The van der Waals surface area contributed by atoms with E-state index in [1.165, 1.54) is 17.3 Å². The van der Waals surface area contributed by atoms with E-state index in [1.807, 2.05) is 38.1 Å². The second kappa shape index (κ2) is 9.11. The summed E-state index contributed by atoms with van der Waals surface area (Å²) in [5.41, 5.74) is 3.69. The van der Waals surface area contributed by atoms with E-state index in [-0.39, 0.29) is 24.8 Å². The van der Waals surface area contributed by atoms with Gasteiger partial charge in [0, 0.05) is 5.56 Å². The maximum Gasteiger partial charge on any atom is 0.325 e. The Morgan fingerprint density at radius 3 is 2.64 bits per heavy atom. The van der Waals surface area contributed by atoms with Crippen LogP contribution >= 0.6 is 23.1 Å². The Kier molecular flexibility index (Phi) is 6.58. The van der Waals surface area contributed by atoms with Crippen LogP contribution in [-0.2, 0) is 14.3 Å². The molecule has 3 aromatic rings. The molecule has 0 spiro atoms. The average Bonchev–Trinajstić information content (AvgIpc) is 3.07. The SMILES string of the molecule is CCOC(=O)CNC(=O)CSc1nnc(-c2ccc(C)cc2)c2sc(C)nc12. The van der Waals surface area contributed by atoms with Gasteiger partial charge in [0.2, 0.25) is 5.91 Å². The highest BCUT2D eigenvalue weighted by molar-refractivity contribution is 8.00. The van der Waals surface area contributed by atoms with E-state index in [1.54, 1.807) is 18.3 Å². The number of thioether (sulfide) groups is 1. The van der Waals surface area contributed by atoms with Crippen LogP contribution in [0.25, 0.3) is 21.5 Å². The molecule has 1 N–H and O–H groups in total. The second-order valence-corrected chi connectivity index (χ2v) is 8.17. The van der Waals surface area contributed by atoms with Crippen LogP contribution < -0.4 is 5.32 Å². The maximum absolute atomic E-state index is 12.0. The lowest BCUT2D eigenvalue weighted by Crippen LogP contribution is -2.31. The van der Waals surface area contributed by atoms with Crippen molar-refractivity contribution in [3.05, 3.63) is 34.8 Å². The summed E-state index contributed by atoms with van der Waals surface area (Å²) in [6.07, 6.45) is 0. The molecule has 0 saturated heterocycles. The Labute approximate surface area is 170 Å². The summed E-state index contributed by atoms with van der Waals surface area (Å²) in [7, 11) is 0. The van der Waals surface area contributed by atoms with Crippen molar-refractivity contribution >= 4 is 45.2 Å². The fraction of sp³-hybridized carbons (Fsp3) is 0.316. The Hall–Kier alpha value is -2.52. The molecular weight excluding hydrogens is 396 g/mol. The number of thiazole rings is 1. The van der Waals surface area contributed by atoms with Gasteiger partial charge in [0.25, 0.3) is 0 Å². The largest absolute Gasteiger partial charge is 0.465 e. The second-order valence-electron chi connectivity index (χ2n) is 6.00. The van der Waals surface area contributed by atoms with Gasteiger partial charge in [-0.1, -0.05) is 41.6 Å². The molecule has 0 saturated carbocycles. The minimum Gasteiger partial charge on any atom is -0.465 e. The fourth-order valence-electron chi connectivity index (χ4n) is 2.49. The third-order valence-corrected chi connectivity index (χ3v) is 5.73. The normalized spacial score (nSPS) is 10.8. The third-order valence-electron chi connectivity index (χ3n) is 3.79. The zero-order chi connectivity index (χ0) is 20.1. The van der Waals surface area contributed by atoms with E-state index < -0.39 is 5.97 Å². The lowest BCUT2D eigenvalue weighted by atomic mass is 10.1. The van der Waals surface area contributed by atoms with Gasteiger partial charge in [-0.3, -0.25) is 9.59 Å². The van der Waals surface area contributed by atoms with Crippen LogP contribution in [0.3, 0.4) is 0 Å². The third kappa shape index (κ3) is 4.85. The van der Waals surface area contributed by atoms with Crippen LogP contribution in [0.1, 0.15) is 17.5 Å². The number of esters is 1. The van der Waals surface area contributed by atoms with Crippen molar-refractivity contribution in [1.82, 2.24) is 20.5 Å². The molecule has 0 fully saturated rings. The number of hydrogen-bond acceptors (Lipinski definition) is 8. The van der Waals surface area contributed by atoms with Crippen LogP contribution in [0.5, 0.6) is 0 Å². The summed E-state index contributed by atoms with van der Waals surface area (Å²) in [6, 6.07) is 8.10. The Balaban J connectivity index is 1.76. The molecule has 2 heterocycles. The molecule has 0 bridgehead atoms.